The number of unbranched alkanes of at least 4 members (excludes halogenated alkanes) is 1. The largest absolute Gasteiger partial charge is 0.469 e. The van der Waals surface area contributed by atoms with E-state index >= 15 is 0 Å². The number of hydrogen-bond donors (Lipinski definition) is 1. The Morgan fingerprint density at radius 1 is 1.23 bits per heavy atom. The molecule has 0 radical (unpaired) electrons. The van der Waals surface area contributed by atoms with Crippen LogP contribution in [0.1, 0.15) is 30.4 Å². The van der Waals surface area contributed by atoms with Gasteiger partial charge in [-0.05, 0) is 48.4 Å². The molecular weight excluding hydrogens is 396 g/mol. The van der Waals surface area contributed by atoms with Crippen LogP contribution in [0.3, 0.4) is 0 Å². The van der Waals surface area contributed by atoms with E-state index < -0.39 is 0 Å². The molecule has 0 aliphatic rings. The van der Waals surface area contributed by atoms with E-state index in [1.54, 1.807) is 12.4 Å². The number of nitriles is 2. The normalized spacial score (nSPS) is 10.5. The Labute approximate surface area is 180 Å². The number of aromatic nitrogens is 1. The first-order valence-corrected chi connectivity index (χ1v) is 10.5. The summed E-state index contributed by atoms with van der Waals surface area (Å²) in [5.41, 5.74) is 3.72. The zero-order valence-corrected chi connectivity index (χ0v) is 17.7. The minimum Gasteiger partial charge on any atom is -0.469 e. The highest BCUT2D eigenvalue weighted by Gasteiger charge is 2.09. The van der Waals surface area contributed by atoms with Crippen molar-refractivity contribution in [1.82, 2.24) is 4.98 Å². The maximum Gasteiger partial charge on any atom is 0.305 e. The van der Waals surface area contributed by atoms with Gasteiger partial charge >= 0.3 is 5.97 Å². The number of nitrogens with one attached hydrogen (secondary N) is 1. The van der Waals surface area contributed by atoms with E-state index in [1.807, 2.05) is 54.8 Å². The fourth-order valence-electron chi connectivity index (χ4n) is 2.76. The second-order valence-corrected chi connectivity index (χ2v) is 6.98. The van der Waals surface area contributed by atoms with E-state index in [-0.39, 0.29) is 11.5 Å². The average Bonchev–Trinajstić information content (AvgIpc) is 2.79. The van der Waals surface area contributed by atoms with Crippen molar-refractivity contribution in [3.8, 4) is 12.1 Å². The Morgan fingerprint density at radius 3 is 2.63 bits per heavy atom. The van der Waals surface area contributed by atoms with Crippen LogP contribution < -0.4 is 5.32 Å². The molecule has 1 N–H and O–H groups in total. The summed E-state index contributed by atoms with van der Waals surface area (Å²) in [4.78, 5) is 15.6. The van der Waals surface area contributed by atoms with Crippen LogP contribution in [0.5, 0.6) is 0 Å². The standard InChI is InChI=1S/C23H22N4O2S/c1-29-22(28)11-4-3-10-21(18-8-6-12-26-16-18)17-7-5-9-20(13-17)27-23(30-2)19(14-24)15-25/h5-10,12-13,16,27H,3-4,11H2,1-2H3/b21-10+. The van der Waals surface area contributed by atoms with Crippen molar-refractivity contribution < 1.29 is 9.53 Å². The number of esters is 1. The SMILES string of the molecule is COC(=O)CCC/C=C(/c1cccnc1)c1cccc(NC(SC)=C(C#N)C#N)c1. The lowest BCUT2D eigenvalue weighted by Gasteiger charge is -2.13. The maximum atomic E-state index is 11.4. The minimum atomic E-state index is -0.223. The monoisotopic (exact) mass is 418 g/mol. The first kappa shape index (κ1) is 22.7. The topological polar surface area (TPSA) is 98.8 Å². The van der Waals surface area contributed by atoms with Crippen LogP contribution in [-0.4, -0.2) is 24.3 Å². The van der Waals surface area contributed by atoms with Crippen molar-refractivity contribution in [1.29, 1.82) is 10.5 Å². The second-order valence-electron chi connectivity index (χ2n) is 6.17. The molecule has 1 aromatic heterocycles. The molecular formula is C23H22N4O2S. The number of anilines is 1. The molecule has 2 aromatic rings. The Hall–Kier alpha value is -3.55. The van der Waals surface area contributed by atoms with Gasteiger partial charge < -0.3 is 10.1 Å². The Balaban J connectivity index is 2.34. The summed E-state index contributed by atoms with van der Waals surface area (Å²) in [6.45, 7) is 0. The molecule has 0 atom stereocenters. The summed E-state index contributed by atoms with van der Waals surface area (Å²) >= 11 is 1.31. The van der Waals surface area contributed by atoms with Gasteiger partial charge in [0.05, 0.1) is 7.11 Å². The van der Waals surface area contributed by atoms with E-state index in [9.17, 15) is 4.79 Å². The van der Waals surface area contributed by atoms with Crippen LogP contribution in [0.4, 0.5) is 5.69 Å². The maximum absolute atomic E-state index is 11.4. The number of allylic oxidation sites excluding steroid dienone is 2. The zero-order valence-electron chi connectivity index (χ0n) is 16.9. The van der Waals surface area contributed by atoms with Crippen molar-refractivity contribution in [2.45, 2.75) is 19.3 Å². The van der Waals surface area contributed by atoms with E-state index in [0.717, 1.165) is 22.4 Å². The number of thioether (sulfide) groups is 1. The molecule has 30 heavy (non-hydrogen) atoms. The van der Waals surface area contributed by atoms with Gasteiger partial charge in [0.2, 0.25) is 0 Å². The quantitative estimate of drug-likeness (QED) is 0.352. The second kappa shape index (κ2) is 12.1. The van der Waals surface area contributed by atoms with Gasteiger partial charge in [0.15, 0.2) is 5.57 Å². The zero-order chi connectivity index (χ0) is 21.8. The van der Waals surface area contributed by atoms with Gasteiger partial charge in [0.25, 0.3) is 0 Å². The number of benzene rings is 1. The van der Waals surface area contributed by atoms with Gasteiger partial charge in [0, 0.05) is 30.1 Å². The molecule has 152 valence electrons. The van der Waals surface area contributed by atoms with Crippen LogP contribution in [0.25, 0.3) is 5.57 Å². The first-order valence-electron chi connectivity index (χ1n) is 9.26. The van der Waals surface area contributed by atoms with E-state index in [1.165, 1.54) is 18.9 Å². The Bertz CT molecular complexity index is 1000. The van der Waals surface area contributed by atoms with Crippen LogP contribution in [-0.2, 0) is 9.53 Å². The summed E-state index contributed by atoms with van der Waals surface area (Å²) < 4.78 is 4.70. The predicted molar refractivity (Wildman–Crippen MR) is 119 cm³/mol. The highest BCUT2D eigenvalue weighted by molar-refractivity contribution is 8.02. The fraction of sp³-hybridized carbons (Fsp3) is 0.217. The lowest BCUT2D eigenvalue weighted by atomic mass is 9.97. The van der Waals surface area contributed by atoms with Crippen molar-refractivity contribution in [3.05, 3.63) is 76.6 Å². The van der Waals surface area contributed by atoms with Gasteiger partial charge in [-0.3, -0.25) is 9.78 Å². The summed E-state index contributed by atoms with van der Waals surface area (Å²) in [7, 11) is 1.39. The first-order chi connectivity index (χ1) is 14.6. The molecule has 0 spiro atoms. The van der Waals surface area contributed by atoms with Crippen LogP contribution >= 0.6 is 11.8 Å². The molecule has 1 aromatic carbocycles. The number of carbonyl (C=O) groups is 1. The molecule has 0 unspecified atom stereocenters. The van der Waals surface area contributed by atoms with Crippen molar-refractivity contribution in [2.24, 2.45) is 0 Å². The summed E-state index contributed by atoms with van der Waals surface area (Å²) in [6.07, 6.45) is 9.16. The highest BCUT2D eigenvalue weighted by Crippen LogP contribution is 2.28. The Kier molecular flexibility index (Phi) is 9.18. The third-order valence-electron chi connectivity index (χ3n) is 4.22. The van der Waals surface area contributed by atoms with Gasteiger partial charge in [0.1, 0.15) is 17.2 Å². The number of ether oxygens (including phenoxy) is 1. The molecule has 0 saturated heterocycles. The summed E-state index contributed by atoms with van der Waals surface area (Å²) in [5, 5.41) is 21.9. The van der Waals surface area contributed by atoms with Gasteiger partial charge in [-0.1, -0.05) is 24.3 Å². The molecule has 1 heterocycles. The van der Waals surface area contributed by atoms with Gasteiger partial charge in [-0.2, -0.15) is 10.5 Å². The van der Waals surface area contributed by atoms with Crippen molar-refractivity contribution >= 4 is 29.0 Å². The van der Waals surface area contributed by atoms with E-state index in [2.05, 4.69) is 16.4 Å². The third-order valence-corrected chi connectivity index (χ3v) is 4.93. The van der Waals surface area contributed by atoms with Crippen molar-refractivity contribution in [2.75, 3.05) is 18.7 Å². The lowest BCUT2D eigenvalue weighted by molar-refractivity contribution is -0.140. The average molecular weight is 419 g/mol. The van der Waals surface area contributed by atoms with Crippen LogP contribution in [0, 0.1) is 22.7 Å². The number of pyridine rings is 1. The lowest BCUT2D eigenvalue weighted by Crippen LogP contribution is -2.00. The number of nitrogens with zero attached hydrogens (tertiary/aromatic N) is 3. The molecule has 7 heteroatoms. The smallest absolute Gasteiger partial charge is 0.305 e. The van der Waals surface area contributed by atoms with Crippen LogP contribution in [0.2, 0.25) is 0 Å². The van der Waals surface area contributed by atoms with Crippen LogP contribution in [0.15, 0.2) is 65.5 Å². The number of methoxy groups -OCH3 is 1. The van der Waals surface area contributed by atoms with Gasteiger partial charge in [-0.15, -0.1) is 11.8 Å². The molecule has 0 fully saturated rings. The number of hydrogen-bond acceptors (Lipinski definition) is 7. The number of rotatable bonds is 9. The fourth-order valence-corrected chi connectivity index (χ4v) is 3.27. The Morgan fingerprint density at radius 2 is 2.00 bits per heavy atom. The van der Waals surface area contributed by atoms with E-state index in [4.69, 9.17) is 15.3 Å². The molecule has 0 amide bonds. The molecule has 0 bridgehead atoms. The molecule has 0 aliphatic carbocycles. The van der Waals surface area contributed by atoms with E-state index in [0.29, 0.717) is 24.3 Å². The van der Waals surface area contributed by atoms with Crippen molar-refractivity contribution in [3.63, 3.8) is 0 Å². The highest BCUT2D eigenvalue weighted by atomic mass is 32.2. The summed E-state index contributed by atoms with van der Waals surface area (Å²) in [6, 6.07) is 15.4. The molecule has 0 aliphatic heterocycles. The number of carbonyl (C=O) groups excluding carboxylic acids is 1. The predicted octanol–water partition coefficient (Wildman–Crippen LogP) is 4.89. The molecule has 2 rings (SSSR count). The molecule has 6 nitrogen and oxygen atoms in total. The van der Waals surface area contributed by atoms with Gasteiger partial charge in [-0.25, -0.2) is 0 Å². The minimum absolute atomic E-state index is 0.0405. The summed E-state index contributed by atoms with van der Waals surface area (Å²) in [5.74, 6) is -0.223. The molecule has 0 saturated carbocycles. The third kappa shape index (κ3) is 6.51.